The molecular weight excluding hydrogens is 561 g/mol. The number of carboxylic acids is 1. The molecule has 0 unspecified atom stereocenters. The Labute approximate surface area is 242 Å². The standard InChI is InChI=1S/C32H30F5NO2.ClH/c33-11-2-12-38-17-20(18-38)13-19-5-7-21(8-6-19)29-25-10-9-23(32(39)40)14-22(25)3-1-4-26(29)30-27(31(36)37)15-24(34)16-28(30)35;/h5-10,14-16,20,31H,1-4,11-13,17-18H2,(H,39,40);1H. The molecule has 1 heterocycles. The molecule has 0 aromatic heterocycles. The van der Waals surface area contributed by atoms with Crippen molar-refractivity contribution in [1.29, 1.82) is 0 Å². The van der Waals surface area contributed by atoms with Gasteiger partial charge in [-0.2, -0.15) is 0 Å². The average Bonchev–Trinajstić information content (AvgIpc) is 3.08. The summed E-state index contributed by atoms with van der Waals surface area (Å²) in [5.74, 6) is -2.73. The van der Waals surface area contributed by atoms with Crippen molar-refractivity contribution in [2.45, 2.75) is 38.5 Å². The number of carbonyl (C=O) groups is 1. The summed E-state index contributed by atoms with van der Waals surface area (Å²) in [6.07, 6.45) is -0.481. The van der Waals surface area contributed by atoms with Crippen LogP contribution in [0.1, 0.15) is 69.4 Å². The van der Waals surface area contributed by atoms with E-state index in [0.29, 0.717) is 59.6 Å². The van der Waals surface area contributed by atoms with Gasteiger partial charge < -0.3 is 10.0 Å². The molecule has 0 radical (unpaired) electrons. The monoisotopic (exact) mass is 591 g/mol. The number of benzene rings is 3. The SMILES string of the molecule is Cl.O=C(O)c1ccc2c(c1)CCCC(c1c(F)cc(F)cc1C(F)F)=C2c1ccc(CC2CN(CCCF)C2)cc1. The van der Waals surface area contributed by atoms with E-state index in [-0.39, 0.29) is 36.6 Å². The Bertz CT molecular complexity index is 1430. The van der Waals surface area contributed by atoms with Gasteiger partial charge in [0.25, 0.3) is 6.43 Å². The quantitative estimate of drug-likeness (QED) is 0.255. The fourth-order valence-corrected chi connectivity index (χ4v) is 6.00. The van der Waals surface area contributed by atoms with Crippen molar-refractivity contribution in [2.75, 3.05) is 26.3 Å². The van der Waals surface area contributed by atoms with Gasteiger partial charge in [0.2, 0.25) is 0 Å². The van der Waals surface area contributed by atoms with Crippen molar-refractivity contribution in [3.63, 3.8) is 0 Å². The van der Waals surface area contributed by atoms with Crippen molar-refractivity contribution in [3.05, 3.63) is 105 Å². The predicted molar refractivity (Wildman–Crippen MR) is 151 cm³/mol. The number of alkyl halides is 3. The Morgan fingerprint density at radius 3 is 2.39 bits per heavy atom. The van der Waals surface area contributed by atoms with Crippen LogP contribution in [0.25, 0.3) is 11.1 Å². The molecule has 0 spiro atoms. The van der Waals surface area contributed by atoms with Crippen molar-refractivity contribution in [2.24, 2.45) is 5.92 Å². The number of nitrogens with zero attached hydrogens (tertiary/aromatic N) is 1. The highest BCUT2D eigenvalue weighted by atomic mass is 35.5. The zero-order valence-corrected chi connectivity index (χ0v) is 23.1. The molecule has 0 saturated carbocycles. The van der Waals surface area contributed by atoms with Gasteiger partial charge in [0.15, 0.2) is 0 Å². The van der Waals surface area contributed by atoms with E-state index in [4.69, 9.17) is 0 Å². The number of allylic oxidation sites excluding steroid dienone is 1. The molecule has 2 aliphatic rings. The Kier molecular flexibility index (Phi) is 9.87. The van der Waals surface area contributed by atoms with Gasteiger partial charge in [0.1, 0.15) is 11.6 Å². The molecule has 0 atom stereocenters. The number of halogens is 6. The van der Waals surface area contributed by atoms with Crippen LogP contribution in [0.15, 0.2) is 54.6 Å². The molecular formula is C32H31ClF5NO2. The van der Waals surface area contributed by atoms with E-state index >= 15 is 4.39 Å². The third-order valence-electron chi connectivity index (χ3n) is 7.83. The minimum atomic E-state index is -3.08. The van der Waals surface area contributed by atoms with Crippen molar-refractivity contribution < 1.29 is 31.9 Å². The van der Waals surface area contributed by atoms with E-state index < -0.39 is 29.6 Å². The lowest BCUT2D eigenvalue weighted by atomic mass is 9.84. The van der Waals surface area contributed by atoms with Crippen molar-refractivity contribution in [1.82, 2.24) is 4.90 Å². The zero-order valence-electron chi connectivity index (χ0n) is 22.3. The normalized spacial score (nSPS) is 15.8. The molecule has 41 heavy (non-hydrogen) atoms. The summed E-state index contributed by atoms with van der Waals surface area (Å²) in [6.45, 7) is 2.27. The number of aryl methyl sites for hydroxylation is 1. The fourth-order valence-electron chi connectivity index (χ4n) is 6.00. The molecule has 9 heteroatoms. The summed E-state index contributed by atoms with van der Waals surface area (Å²) in [7, 11) is 0. The van der Waals surface area contributed by atoms with Gasteiger partial charge in [-0.05, 0) is 89.6 Å². The predicted octanol–water partition coefficient (Wildman–Crippen LogP) is 8.15. The molecule has 1 fully saturated rings. The Balaban J connectivity index is 0.00000387. The van der Waals surface area contributed by atoms with E-state index in [1.165, 1.54) is 6.07 Å². The van der Waals surface area contributed by atoms with Crippen LogP contribution in [-0.4, -0.2) is 42.3 Å². The second kappa shape index (κ2) is 13.2. The number of likely N-dealkylation sites (tertiary alicyclic amines) is 1. The molecule has 3 aromatic carbocycles. The van der Waals surface area contributed by atoms with Crippen LogP contribution in [0.5, 0.6) is 0 Å². The summed E-state index contributed by atoms with van der Waals surface area (Å²) in [6, 6.07) is 13.7. The van der Waals surface area contributed by atoms with Crippen molar-refractivity contribution >= 4 is 29.5 Å². The number of hydrogen-bond acceptors (Lipinski definition) is 2. The summed E-state index contributed by atoms with van der Waals surface area (Å²) in [4.78, 5) is 13.9. The third kappa shape index (κ3) is 6.65. The number of carboxylic acid groups (broad SMARTS) is 1. The second-order valence-corrected chi connectivity index (χ2v) is 10.6. The van der Waals surface area contributed by atoms with E-state index in [9.17, 15) is 27.5 Å². The van der Waals surface area contributed by atoms with Crippen LogP contribution < -0.4 is 0 Å². The molecule has 218 valence electrons. The number of hydrogen-bond donors (Lipinski definition) is 1. The van der Waals surface area contributed by atoms with E-state index in [1.807, 2.05) is 24.3 Å². The van der Waals surface area contributed by atoms with Crippen LogP contribution in [0.4, 0.5) is 22.0 Å². The Morgan fingerprint density at radius 1 is 1.00 bits per heavy atom. The molecule has 5 rings (SSSR count). The molecule has 3 aromatic rings. The summed E-state index contributed by atoms with van der Waals surface area (Å²) >= 11 is 0. The maximum absolute atomic E-state index is 15.3. The lowest BCUT2D eigenvalue weighted by Crippen LogP contribution is -2.47. The zero-order chi connectivity index (χ0) is 28.4. The van der Waals surface area contributed by atoms with Gasteiger partial charge in [0, 0.05) is 36.8 Å². The molecule has 1 aliphatic carbocycles. The average molecular weight is 592 g/mol. The van der Waals surface area contributed by atoms with Gasteiger partial charge in [-0.1, -0.05) is 30.3 Å². The van der Waals surface area contributed by atoms with Gasteiger partial charge in [0.05, 0.1) is 12.2 Å². The highest BCUT2D eigenvalue weighted by molar-refractivity contribution is 6.01. The van der Waals surface area contributed by atoms with Crippen LogP contribution in [0.3, 0.4) is 0 Å². The smallest absolute Gasteiger partial charge is 0.335 e. The highest BCUT2D eigenvalue weighted by Crippen LogP contribution is 2.43. The maximum atomic E-state index is 15.3. The molecule has 1 aliphatic heterocycles. The molecule has 3 nitrogen and oxygen atoms in total. The van der Waals surface area contributed by atoms with Crippen LogP contribution >= 0.6 is 12.4 Å². The maximum Gasteiger partial charge on any atom is 0.335 e. The summed E-state index contributed by atoms with van der Waals surface area (Å²) < 4.78 is 69.9. The van der Waals surface area contributed by atoms with Gasteiger partial charge in [-0.15, -0.1) is 12.4 Å². The summed E-state index contributed by atoms with van der Waals surface area (Å²) in [5.41, 5.74) is 3.18. The van der Waals surface area contributed by atoms with Crippen LogP contribution in [0.2, 0.25) is 0 Å². The lowest BCUT2D eigenvalue weighted by Gasteiger charge is -2.39. The summed E-state index contributed by atoms with van der Waals surface area (Å²) in [5, 5.41) is 9.52. The fraction of sp³-hybridized carbons (Fsp3) is 0.344. The first-order chi connectivity index (χ1) is 19.2. The molecule has 1 saturated heterocycles. The van der Waals surface area contributed by atoms with Crippen LogP contribution in [0, 0.1) is 17.6 Å². The number of fused-ring (bicyclic) bond motifs is 1. The minimum Gasteiger partial charge on any atom is -0.478 e. The van der Waals surface area contributed by atoms with Gasteiger partial charge in [-0.25, -0.2) is 22.4 Å². The molecule has 0 amide bonds. The van der Waals surface area contributed by atoms with Crippen LogP contribution in [-0.2, 0) is 12.8 Å². The first kappa shape index (κ1) is 30.7. The lowest BCUT2D eigenvalue weighted by molar-refractivity contribution is 0.0696. The Hall–Kier alpha value is -3.23. The van der Waals surface area contributed by atoms with E-state index in [2.05, 4.69) is 4.90 Å². The largest absolute Gasteiger partial charge is 0.478 e. The second-order valence-electron chi connectivity index (χ2n) is 10.6. The van der Waals surface area contributed by atoms with Gasteiger partial charge >= 0.3 is 5.97 Å². The Morgan fingerprint density at radius 2 is 1.73 bits per heavy atom. The topological polar surface area (TPSA) is 40.5 Å². The first-order valence-corrected chi connectivity index (χ1v) is 13.5. The van der Waals surface area contributed by atoms with E-state index in [0.717, 1.165) is 37.2 Å². The third-order valence-corrected chi connectivity index (χ3v) is 7.83. The van der Waals surface area contributed by atoms with E-state index in [1.54, 1.807) is 12.1 Å². The van der Waals surface area contributed by atoms with Crippen molar-refractivity contribution in [3.8, 4) is 0 Å². The molecule has 0 bridgehead atoms. The minimum absolute atomic E-state index is 0. The first-order valence-electron chi connectivity index (χ1n) is 13.5. The number of aromatic carboxylic acids is 1. The van der Waals surface area contributed by atoms with Gasteiger partial charge in [-0.3, -0.25) is 4.39 Å². The number of rotatable bonds is 9. The highest BCUT2D eigenvalue weighted by Gasteiger charge is 2.29. The molecule has 1 N–H and O–H groups in total.